The molecule has 1 aromatic carbocycles. The van der Waals surface area contributed by atoms with Crippen LogP contribution in [0, 0.1) is 0 Å². The molecule has 2 amide bonds. The summed E-state index contributed by atoms with van der Waals surface area (Å²) in [6, 6.07) is 11.2. The minimum atomic E-state index is -0.482. The van der Waals surface area contributed by atoms with Crippen LogP contribution < -0.4 is 15.4 Å². The number of hydrogen-bond acceptors (Lipinski definition) is 4. The number of unbranched alkanes of at least 4 members (excludes halogenated alkanes) is 1. The fourth-order valence-corrected chi connectivity index (χ4v) is 3.11. The Morgan fingerprint density at radius 2 is 2.19 bits per heavy atom. The molecule has 1 aliphatic heterocycles. The molecule has 0 saturated heterocycles. The number of aromatic nitrogens is 1. The van der Waals surface area contributed by atoms with Gasteiger partial charge in [-0.15, -0.1) is 0 Å². The Labute approximate surface area is 153 Å². The Hall–Kier alpha value is -2.89. The van der Waals surface area contributed by atoms with Crippen LogP contribution in [0.4, 0.5) is 5.69 Å². The summed E-state index contributed by atoms with van der Waals surface area (Å²) in [4.78, 5) is 28.8. The number of anilines is 1. The van der Waals surface area contributed by atoms with Crippen LogP contribution in [0.1, 0.15) is 36.4 Å². The van der Waals surface area contributed by atoms with Gasteiger partial charge in [-0.1, -0.05) is 6.07 Å². The number of ether oxygens (including phenoxy) is 1. The zero-order valence-electron chi connectivity index (χ0n) is 14.8. The molecule has 0 radical (unpaired) electrons. The highest BCUT2D eigenvalue weighted by atomic mass is 16.5. The highest BCUT2D eigenvalue weighted by Crippen LogP contribution is 2.34. The minimum absolute atomic E-state index is 0.118. The normalized spacial score (nSPS) is 15.7. The van der Waals surface area contributed by atoms with Crippen LogP contribution in [0.25, 0.3) is 0 Å². The lowest BCUT2D eigenvalue weighted by atomic mass is 9.89. The molecule has 0 fully saturated rings. The van der Waals surface area contributed by atoms with Crippen LogP contribution in [0.5, 0.6) is 5.75 Å². The van der Waals surface area contributed by atoms with E-state index in [1.54, 1.807) is 25.4 Å². The van der Waals surface area contributed by atoms with E-state index in [1.165, 1.54) is 0 Å². The summed E-state index contributed by atoms with van der Waals surface area (Å²) in [6.07, 6.45) is 4.65. The molecule has 0 bridgehead atoms. The summed E-state index contributed by atoms with van der Waals surface area (Å²) in [6.45, 7) is 0.586. The van der Waals surface area contributed by atoms with Gasteiger partial charge in [0.25, 0.3) is 0 Å². The number of carbonyl (C=O) groups excluding carboxylic acids is 2. The van der Waals surface area contributed by atoms with Crippen molar-refractivity contribution in [1.29, 1.82) is 0 Å². The Kier molecular flexibility index (Phi) is 5.84. The zero-order chi connectivity index (χ0) is 18.4. The third kappa shape index (κ3) is 4.39. The molecule has 2 N–H and O–H groups in total. The molecule has 0 aliphatic carbocycles. The van der Waals surface area contributed by atoms with Gasteiger partial charge in [-0.05, 0) is 55.2 Å². The molecule has 1 aromatic heterocycles. The molecule has 3 rings (SSSR count). The largest absolute Gasteiger partial charge is 0.497 e. The number of hydrogen-bond donors (Lipinski definition) is 2. The van der Waals surface area contributed by atoms with Gasteiger partial charge in [0.05, 0.1) is 13.0 Å². The fraction of sp³-hybridized carbons (Fsp3) is 0.350. The van der Waals surface area contributed by atoms with Gasteiger partial charge < -0.3 is 15.4 Å². The van der Waals surface area contributed by atoms with Crippen LogP contribution in [-0.4, -0.2) is 30.5 Å². The second kappa shape index (κ2) is 8.47. The van der Waals surface area contributed by atoms with Crippen LogP contribution in [0.2, 0.25) is 0 Å². The number of aryl methyl sites for hydroxylation is 1. The van der Waals surface area contributed by atoms with Gasteiger partial charge in [-0.3, -0.25) is 14.6 Å². The van der Waals surface area contributed by atoms with E-state index in [2.05, 4.69) is 15.6 Å². The number of rotatable bonds is 7. The van der Waals surface area contributed by atoms with Crippen molar-refractivity contribution in [3.8, 4) is 5.75 Å². The maximum absolute atomic E-state index is 12.6. The summed E-state index contributed by atoms with van der Waals surface area (Å²) < 4.78 is 5.24. The predicted molar refractivity (Wildman–Crippen MR) is 99.2 cm³/mol. The minimum Gasteiger partial charge on any atom is -0.497 e. The van der Waals surface area contributed by atoms with E-state index < -0.39 is 5.92 Å². The number of methoxy groups -OCH3 is 1. The first-order valence-electron chi connectivity index (χ1n) is 8.83. The lowest BCUT2D eigenvalue weighted by molar-refractivity contribution is -0.126. The molecule has 136 valence electrons. The van der Waals surface area contributed by atoms with Crippen LogP contribution in [0.15, 0.2) is 42.6 Å². The lowest BCUT2D eigenvalue weighted by Crippen LogP contribution is -2.35. The van der Waals surface area contributed by atoms with Crippen molar-refractivity contribution >= 4 is 17.5 Å². The Morgan fingerprint density at radius 3 is 2.96 bits per heavy atom. The van der Waals surface area contributed by atoms with Crippen LogP contribution >= 0.6 is 0 Å². The van der Waals surface area contributed by atoms with Crippen molar-refractivity contribution < 1.29 is 14.3 Å². The quantitative estimate of drug-likeness (QED) is 0.750. The standard InChI is InChI=1S/C20H23N3O3/c1-26-15-8-9-18-16(12-15)17(13-19(24)23-18)20(25)22-11-5-3-7-14-6-2-4-10-21-14/h2,4,6,8-10,12,17H,3,5,7,11,13H2,1H3,(H,22,25)(H,23,24). The van der Waals surface area contributed by atoms with Crippen LogP contribution in [-0.2, 0) is 16.0 Å². The number of nitrogens with one attached hydrogen (secondary N) is 2. The van der Waals surface area contributed by atoms with Crippen LogP contribution in [0.3, 0.4) is 0 Å². The first-order chi connectivity index (χ1) is 12.7. The molecule has 1 atom stereocenters. The van der Waals surface area contributed by atoms with Crippen molar-refractivity contribution in [2.75, 3.05) is 19.0 Å². The van der Waals surface area contributed by atoms with Gasteiger partial charge >= 0.3 is 0 Å². The van der Waals surface area contributed by atoms with E-state index in [-0.39, 0.29) is 18.2 Å². The maximum Gasteiger partial charge on any atom is 0.228 e. The Bertz CT molecular complexity index is 777. The number of carbonyl (C=O) groups is 2. The first kappa shape index (κ1) is 17.9. The molecule has 6 heteroatoms. The van der Waals surface area contributed by atoms with E-state index in [4.69, 9.17) is 4.74 Å². The molecule has 6 nitrogen and oxygen atoms in total. The van der Waals surface area contributed by atoms with Crippen molar-refractivity contribution in [3.63, 3.8) is 0 Å². The predicted octanol–water partition coefficient (Wildman–Crippen LogP) is 2.66. The molecule has 2 heterocycles. The van der Waals surface area contributed by atoms with Gasteiger partial charge in [0.2, 0.25) is 11.8 Å². The summed E-state index contributed by atoms with van der Waals surface area (Å²) in [5.74, 6) is -0.0668. The summed E-state index contributed by atoms with van der Waals surface area (Å²) >= 11 is 0. The van der Waals surface area contributed by atoms with E-state index >= 15 is 0 Å². The average molecular weight is 353 g/mol. The van der Waals surface area contributed by atoms with E-state index in [0.717, 1.165) is 30.5 Å². The van der Waals surface area contributed by atoms with Gasteiger partial charge in [0.15, 0.2) is 0 Å². The van der Waals surface area contributed by atoms with Gasteiger partial charge in [0, 0.05) is 30.5 Å². The molecule has 0 spiro atoms. The average Bonchev–Trinajstić information content (AvgIpc) is 2.67. The van der Waals surface area contributed by atoms with Crippen molar-refractivity contribution in [2.24, 2.45) is 0 Å². The van der Waals surface area contributed by atoms with E-state index in [1.807, 2.05) is 24.3 Å². The number of fused-ring (bicyclic) bond motifs is 1. The summed E-state index contributed by atoms with van der Waals surface area (Å²) in [7, 11) is 1.58. The smallest absolute Gasteiger partial charge is 0.228 e. The molecule has 26 heavy (non-hydrogen) atoms. The summed E-state index contributed by atoms with van der Waals surface area (Å²) in [5.41, 5.74) is 2.54. The highest BCUT2D eigenvalue weighted by Gasteiger charge is 2.30. The molecule has 1 unspecified atom stereocenters. The molecular weight excluding hydrogens is 330 g/mol. The topological polar surface area (TPSA) is 80.3 Å². The van der Waals surface area contributed by atoms with Gasteiger partial charge in [-0.2, -0.15) is 0 Å². The van der Waals surface area contributed by atoms with Crippen molar-refractivity contribution in [3.05, 3.63) is 53.9 Å². The highest BCUT2D eigenvalue weighted by molar-refractivity contribution is 6.01. The molecule has 1 aliphatic rings. The zero-order valence-corrected chi connectivity index (χ0v) is 14.8. The molecule has 0 saturated carbocycles. The monoisotopic (exact) mass is 353 g/mol. The van der Waals surface area contributed by atoms with Gasteiger partial charge in [-0.25, -0.2) is 0 Å². The second-order valence-electron chi connectivity index (χ2n) is 6.33. The van der Waals surface area contributed by atoms with E-state index in [0.29, 0.717) is 18.0 Å². The third-order valence-corrected chi connectivity index (χ3v) is 4.50. The maximum atomic E-state index is 12.6. The Morgan fingerprint density at radius 1 is 1.31 bits per heavy atom. The number of benzene rings is 1. The SMILES string of the molecule is COc1ccc2c(c1)C(C(=O)NCCCCc1ccccn1)CC(=O)N2. The molecule has 2 aromatic rings. The van der Waals surface area contributed by atoms with E-state index in [9.17, 15) is 9.59 Å². The van der Waals surface area contributed by atoms with Crippen molar-refractivity contribution in [1.82, 2.24) is 10.3 Å². The van der Waals surface area contributed by atoms with Crippen molar-refractivity contribution in [2.45, 2.75) is 31.6 Å². The van der Waals surface area contributed by atoms with Gasteiger partial charge in [0.1, 0.15) is 5.75 Å². The fourth-order valence-electron chi connectivity index (χ4n) is 3.11. The number of pyridine rings is 1. The molecular formula is C20H23N3O3. The lowest BCUT2D eigenvalue weighted by Gasteiger charge is -2.25. The second-order valence-corrected chi connectivity index (χ2v) is 6.33. The third-order valence-electron chi connectivity index (χ3n) is 4.50. The summed E-state index contributed by atoms with van der Waals surface area (Å²) in [5, 5.41) is 5.77. The Balaban J connectivity index is 1.54. The number of amides is 2. The first-order valence-corrected chi connectivity index (χ1v) is 8.83. The number of nitrogens with zero attached hydrogens (tertiary/aromatic N) is 1.